The number of thiophene rings is 1. The van der Waals surface area contributed by atoms with Gasteiger partial charge in [0.2, 0.25) is 0 Å². The maximum Gasteiger partial charge on any atom is 0.351 e. The van der Waals surface area contributed by atoms with Crippen LogP contribution in [-0.4, -0.2) is 27.6 Å². The maximum atomic E-state index is 12.2. The fourth-order valence-corrected chi connectivity index (χ4v) is 3.79. The summed E-state index contributed by atoms with van der Waals surface area (Å²) in [6.45, 7) is 0.296. The van der Waals surface area contributed by atoms with E-state index in [4.69, 9.17) is 21.1 Å². The molecule has 0 unspecified atom stereocenters. The van der Waals surface area contributed by atoms with Gasteiger partial charge in [-0.15, -0.1) is 11.3 Å². The Balaban J connectivity index is 1.72. The fraction of sp³-hybridized carbons (Fsp3) is 0.105. The summed E-state index contributed by atoms with van der Waals surface area (Å²) >= 11 is 7.39. The summed E-state index contributed by atoms with van der Waals surface area (Å²) in [5.74, 6) is 0.00414. The summed E-state index contributed by atoms with van der Waals surface area (Å²) < 4.78 is 12.6. The first-order valence-electron chi connectivity index (χ1n) is 8.02. The van der Waals surface area contributed by atoms with Gasteiger partial charge in [0.05, 0.1) is 18.1 Å². The van der Waals surface area contributed by atoms with Gasteiger partial charge in [-0.1, -0.05) is 17.7 Å². The van der Waals surface area contributed by atoms with E-state index in [1.54, 1.807) is 30.9 Å². The van der Waals surface area contributed by atoms with E-state index in [1.165, 1.54) is 18.4 Å². The molecule has 27 heavy (non-hydrogen) atoms. The molecular formula is C19H14ClN3O3S. The molecule has 0 radical (unpaired) electrons. The standard InChI is InChI=1S/C19H14ClN3O3S/c1-25-19(24)18-16(26-10-12-3-2-6-21-9-12)8-17(27-18)23-11-22-14-5-4-13(20)7-15(14)23/h2-9,11H,10H2,1H3. The Morgan fingerprint density at radius 3 is 2.96 bits per heavy atom. The Morgan fingerprint density at radius 1 is 1.30 bits per heavy atom. The van der Waals surface area contributed by atoms with Crippen molar-refractivity contribution in [2.45, 2.75) is 6.61 Å². The number of hydrogen-bond donors (Lipinski definition) is 0. The Hall–Kier alpha value is -2.90. The molecule has 3 heterocycles. The number of imidazole rings is 1. The first kappa shape index (κ1) is 17.5. The molecule has 0 aliphatic rings. The van der Waals surface area contributed by atoms with Crippen molar-refractivity contribution < 1.29 is 14.3 Å². The monoisotopic (exact) mass is 399 g/mol. The van der Waals surface area contributed by atoms with E-state index >= 15 is 0 Å². The van der Waals surface area contributed by atoms with Crippen molar-refractivity contribution in [3.63, 3.8) is 0 Å². The molecule has 0 atom stereocenters. The van der Waals surface area contributed by atoms with Gasteiger partial charge in [0, 0.05) is 29.0 Å². The summed E-state index contributed by atoms with van der Waals surface area (Å²) in [4.78, 5) is 21.0. The lowest BCUT2D eigenvalue weighted by atomic mass is 10.3. The molecule has 6 nitrogen and oxygen atoms in total. The van der Waals surface area contributed by atoms with Gasteiger partial charge in [-0.25, -0.2) is 9.78 Å². The quantitative estimate of drug-likeness (QED) is 0.462. The van der Waals surface area contributed by atoms with Crippen molar-refractivity contribution in [1.82, 2.24) is 14.5 Å². The lowest BCUT2D eigenvalue weighted by Gasteiger charge is -2.05. The predicted molar refractivity (Wildman–Crippen MR) is 104 cm³/mol. The Labute approximate surface area is 164 Å². The number of benzene rings is 1. The van der Waals surface area contributed by atoms with Crippen LogP contribution < -0.4 is 4.74 Å². The van der Waals surface area contributed by atoms with Crippen LogP contribution in [0.5, 0.6) is 5.75 Å². The highest BCUT2D eigenvalue weighted by molar-refractivity contribution is 7.16. The van der Waals surface area contributed by atoms with Crippen molar-refractivity contribution >= 4 is 39.9 Å². The average molecular weight is 400 g/mol. The number of aromatic nitrogens is 3. The summed E-state index contributed by atoms with van der Waals surface area (Å²) in [5, 5.41) is 1.39. The van der Waals surface area contributed by atoms with E-state index in [9.17, 15) is 4.79 Å². The van der Waals surface area contributed by atoms with Crippen molar-refractivity contribution in [1.29, 1.82) is 0 Å². The van der Waals surface area contributed by atoms with Crippen molar-refractivity contribution in [2.24, 2.45) is 0 Å². The number of esters is 1. The highest BCUT2D eigenvalue weighted by atomic mass is 35.5. The molecule has 0 spiro atoms. The molecular weight excluding hydrogens is 386 g/mol. The molecule has 0 N–H and O–H groups in total. The minimum absolute atomic E-state index is 0.296. The number of carbonyl (C=O) groups excluding carboxylic acids is 1. The van der Waals surface area contributed by atoms with Crippen LogP contribution in [0.4, 0.5) is 0 Å². The molecule has 0 amide bonds. The fourth-order valence-electron chi connectivity index (χ4n) is 2.62. The highest BCUT2D eigenvalue weighted by Gasteiger charge is 2.20. The van der Waals surface area contributed by atoms with E-state index in [0.717, 1.165) is 21.6 Å². The zero-order chi connectivity index (χ0) is 18.8. The topological polar surface area (TPSA) is 66.2 Å². The average Bonchev–Trinajstić information content (AvgIpc) is 3.30. The van der Waals surface area contributed by atoms with Gasteiger partial charge in [0.25, 0.3) is 0 Å². The van der Waals surface area contributed by atoms with Gasteiger partial charge in [-0.3, -0.25) is 9.55 Å². The van der Waals surface area contributed by atoms with Crippen LogP contribution in [0.2, 0.25) is 5.02 Å². The molecule has 0 saturated heterocycles. The van der Waals surface area contributed by atoms with Gasteiger partial charge in [-0.2, -0.15) is 0 Å². The summed E-state index contributed by atoms with van der Waals surface area (Å²) in [6.07, 6.45) is 5.11. The first-order valence-corrected chi connectivity index (χ1v) is 9.22. The Kier molecular flexibility index (Phi) is 4.79. The molecule has 4 aromatic rings. The van der Waals surface area contributed by atoms with E-state index in [2.05, 4.69) is 9.97 Å². The molecule has 0 aliphatic carbocycles. The second kappa shape index (κ2) is 7.38. The molecule has 8 heteroatoms. The molecule has 0 saturated carbocycles. The van der Waals surface area contributed by atoms with Crippen molar-refractivity contribution in [3.8, 4) is 10.8 Å². The highest BCUT2D eigenvalue weighted by Crippen LogP contribution is 2.35. The predicted octanol–water partition coefficient (Wildman–Crippen LogP) is 4.50. The number of carbonyl (C=O) groups is 1. The Morgan fingerprint density at radius 2 is 2.19 bits per heavy atom. The van der Waals surface area contributed by atoms with Crippen LogP contribution in [0.1, 0.15) is 15.2 Å². The van der Waals surface area contributed by atoms with Gasteiger partial charge in [0.15, 0.2) is 4.88 Å². The molecule has 0 bridgehead atoms. The molecule has 136 valence electrons. The largest absolute Gasteiger partial charge is 0.487 e. The van der Waals surface area contributed by atoms with Gasteiger partial charge < -0.3 is 9.47 Å². The smallest absolute Gasteiger partial charge is 0.351 e. The van der Waals surface area contributed by atoms with Crippen LogP contribution in [0.3, 0.4) is 0 Å². The SMILES string of the molecule is COC(=O)c1sc(-n2cnc3ccc(Cl)cc32)cc1OCc1cccnc1. The van der Waals surface area contributed by atoms with Crippen molar-refractivity contribution in [3.05, 3.63) is 70.6 Å². The third-order valence-electron chi connectivity index (χ3n) is 3.92. The second-order valence-corrected chi connectivity index (χ2v) is 7.13. The van der Waals surface area contributed by atoms with Gasteiger partial charge in [0.1, 0.15) is 23.7 Å². The first-order chi connectivity index (χ1) is 13.2. The van der Waals surface area contributed by atoms with E-state index in [0.29, 0.717) is 22.3 Å². The number of methoxy groups -OCH3 is 1. The minimum Gasteiger partial charge on any atom is -0.487 e. The summed E-state index contributed by atoms with van der Waals surface area (Å²) in [7, 11) is 1.35. The number of rotatable bonds is 5. The Bertz CT molecular complexity index is 1110. The molecule has 0 fully saturated rings. The van der Waals surface area contributed by atoms with Crippen LogP contribution >= 0.6 is 22.9 Å². The molecule has 4 rings (SSSR count). The van der Waals surface area contributed by atoms with Crippen LogP contribution in [0.15, 0.2) is 55.1 Å². The molecule has 1 aromatic carbocycles. The number of hydrogen-bond acceptors (Lipinski definition) is 6. The summed E-state index contributed by atoms with van der Waals surface area (Å²) in [6, 6.07) is 11.0. The molecule has 3 aromatic heterocycles. The van der Waals surface area contributed by atoms with Gasteiger partial charge in [-0.05, 0) is 24.3 Å². The second-order valence-electron chi connectivity index (χ2n) is 5.67. The van der Waals surface area contributed by atoms with Crippen LogP contribution in [0, 0.1) is 0 Å². The zero-order valence-electron chi connectivity index (χ0n) is 14.3. The van der Waals surface area contributed by atoms with Crippen molar-refractivity contribution in [2.75, 3.05) is 7.11 Å². The van der Waals surface area contributed by atoms with Gasteiger partial charge >= 0.3 is 5.97 Å². The number of fused-ring (bicyclic) bond motifs is 1. The number of pyridine rings is 1. The third-order valence-corrected chi connectivity index (χ3v) is 5.25. The third kappa shape index (κ3) is 3.51. The number of halogens is 1. The lowest BCUT2D eigenvalue weighted by Crippen LogP contribution is -2.02. The normalized spacial score (nSPS) is 10.9. The zero-order valence-corrected chi connectivity index (χ0v) is 15.8. The molecule has 0 aliphatic heterocycles. The van der Waals surface area contributed by atoms with E-state index < -0.39 is 5.97 Å². The van der Waals surface area contributed by atoms with E-state index in [1.807, 2.05) is 28.8 Å². The number of ether oxygens (including phenoxy) is 2. The lowest BCUT2D eigenvalue weighted by molar-refractivity contribution is 0.0601. The maximum absolute atomic E-state index is 12.2. The van der Waals surface area contributed by atoms with Crippen LogP contribution in [-0.2, 0) is 11.3 Å². The van der Waals surface area contributed by atoms with E-state index in [-0.39, 0.29) is 0 Å². The summed E-state index contributed by atoms with van der Waals surface area (Å²) in [5.41, 5.74) is 2.56. The minimum atomic E-state index is -0.449. The van der Waals surface area contributed by atoms with Crippen LogP contribution in [0.25, 0.3) is 16.0 Å². The number of nitrogens with zero attached hydrogens (tertiary/aromatic N) is 3.